The van der Waals surface area contributed by atoms with Crippen LogP contribution < -0.4 is 10.1 Å². The van der Waals surface area contributed by atoms with E-state index >= 15 is 0 Å². The van der Waals surface area contributed by atoms with Gasteiger partial charge in [-0.05, 0) is 31.2 Å². The van der Waals surface area contributed by atoms with Gasteiger partial charge in [-0.1, -0.05) is 41.9 Å². The summed E-state index contributed by atoms with van der Waals surface area (Å²) < 4.78 is 5.56. The van der Waals surface area contributed by atoms with Gasteiger partial charge in [0.25, 0.3) is 5.91 Å². The third-order valence-corrected chi connectivity index (χ3v) is 3.93. The summed E-state index contributed by atoms with van der Waals surface area (Å²) in [5.74, 6) is 0.552. The number of carbonyl (C=O) groups excluding carboxylic acids is 1. The first-order valence-electron chi connectivity index (χ1n) is 7.97. The van der Waals surface area contributed by atoms with Crippen molar-refractivity contribution < 1.29 is 9.53 Å². The molecule has 0 aliphatic heterocycles. The maximum Gasteiger partial charge on any atom is 0.269 e. The van der Waals surface area contributed by atoms with E-state index in [-0.39, 0.29) is 5.91 Å². The molecular formula is C19H18ClN3O2. The smallest absolute Gasteiger partial charge is 0.269 e. The van der Waals surface area contributed by atoms with Crippen molar-refractivity contribution >= 4 is 17.5 Å². The summed E-state index contributed by atoms with van der Waals surface area (Å²) in [6.07, 6.45) is 0. The lowest BCUT2D eigenvalue weighted by Crippen LogP contribution is -2.23. The van der Waals surface area contributed by atoms with Crippen molar-refractivity contribution in [2.24, 2.45) is 0 Å². The Kier molecular flexibility index (Phi) is 5.36. The number of aromatic amines is 1. The standard InChI is InChI=1S/C19H18ClN3O2/c1-2-25-18-6-4-3-5-14(18)12-21-19(24)17-11-16(22-23-17)13-7-9-15(20)10-8-13/h3-11H,2,12H2,1H3,(H,21,24)(H,22,23). The van der Waals surface area contributed by atoms with Crippen molar-refractivity contribution in [1.82, 2.24) is 15.5 Å². The van der Waals surface area contributed by atoms with Crippen LogP contribution >= 0.6 is 11.6 Å². The number of hydrogen-bond acceptors (Lipinski definition) is 3. The predicted molar refractivity (Wildman–Crippen MR) is 97.8 cm³/mol. The first kappa shape index (κ1) is 17.0. The fourth-order valence-electron chi connectivity index (χ4n) is 2.42. The molecule has 0 atom stereocenters. The molecule has 0 spiro atoms. The molecule has 25 heavy (non-hydrogen) atoms. The van der Waals surface area contributed by atoms with E-state index in [1.807, 2.05) is 43.3 Å². The second-order valence-corrected chi connectivity index (χ2v) is 5.83. The number of hydrogen-bond donors (Lipinski definition) is 2. The average Bonchev–Trinajstić information content (AvgIpc) is 3.12. The third kappa shape index (κ3) is 4.19. The Labute approximate surface area is 151 Å². The molecule has 5 nitrogen and oxygen atoms in total. The SMILES string of the molecule is CCOc1ccccc1CNC(=O)c1cc(-c2ccc(Cl)cc2)n[nH]1. The van der Waals surface area contributed by atoms with Crippen LogP contribution in [0.5, 0.6) is 5.75 Å². The molecule has 2 N–H and O–H groups in total. The Bertz CT molecular complexity index is 859. The molecule has 1 aromatic heterocycles. The monoisotopic (exact) mass is 355 g/mol. The molecule has 6 heteroatoms. The maximum absolute atomic E-state index is 12.3. The zero-order valence-electron chi connectivity index (χ0n) is 13.8. The number of para-hydroxylation sites is 1. The van der Waals surface area contributed by atoms with Gasteiger partial charge in [-0.3, -0.25) is 9.89 Å². The second kappa shape index (κ2) is 7.85. The van der Waals surface area contributed by atoms with Crippen LogP contribution in [-0.2, 0) is 6.54 Å². The van der Waals surface area contributed by atoms with E-state index in [1.165, 1.54) is 0 Å². The fourth-order valence-corrected chi connectivity index (χ4v) is 2.55. The van der Waals surface area contributed by atoms with Gasteiger partial charge in [0.1, 0.15) is 11.4 Å². The quantitative estimate of drug-likeness (QED) is 0.700. The zero-order chi connectivity index (χ0) is 17.6. The molecule has 0 unspecified atom stereocenters. The van der Waals surface area contributed by atoms with Crippen LogP contribution in [0.1, 0.15) is 23.0 Å². The Hall–Kier alpha value is -2.79. The molecule has 0 saturated carbocycles. The van der Waals surface area contributed by atoms with Crippen molar-refractivity contribution in [3.05, 3.63) is 70.9 Å². The van der Waals surface area contributed by atoms with Gasteiger partial charge in [-0.2, -0.15) is 5.10 Å². The minimum absolute atomic E-state index is 0.223. The lowest BCUT2D eigenvalue weighted by atomic mass is 10.1. The maximum atomic E-state index is 12.3. The molecule has 1 amide bonds. The lowest BCUT2D eigenvalue weighted by molar-refractivity contribution is 0.0945. The molecule has 1 heterocycles. The average molecular weight is 356 g/mol. The molecule has 128 valence electrons. The van der Waals surface area contributed by atoms with Crippen LogP contribution in [0.3, 0.4) is 0 Å². The molecule has 0 radical (unpaired) electrons. The molecule has 3 aromatic rings. The molecule has 0 fully saturated rings. The first-order chi connectivity index (χ1) is 12.2. The van der Waals surface area contributed by atoms with Gasteiger partial charge in [-0.15, -0.1) is 0 Å². The van der Waals surface area contributed by atoms with E-state index in [0.29, 0.717) is 29.6 Å². The number of aromatic nitrogens is 2. The van der Waals surface area contributed by atoms with Crippen LogP contribution in [0.4, 0.5) is 0 Å². The number of amides is 1. The highest BCUT2D eigenvalue weighted by molar-refractivity contribution is 6.30. The molecule has 0 saturated heterocycles. The van der Waals surface area contributed by atoms with Crippen LogP contribution in [0.15, 0.2) is 54.6 Å². The summed E-state index contributed by atoms with van der Waals surface area (Å²) in [4.78, 5) is 12.3. The van der Waals surface area contributed by atoms with Crippen LogP contribution in [0, 0.1) is 0 Å². The van der Waals surface area contributed by atoms with Crippen LogP contribution in [0.2, 0.25) is 5.02 Å². The van der Waals surface area contributed by atoms with E-state index in [2.05, 4.69) is 15.5 Å². The zero-order valence-corrected chi connectivity index (χ0v) is 14.5. The van der Waals surface area contributed by atoms with Crippen LogP contribution in [0.25, 0.3) is 11.3 Å². The van der Waals surface area contributed by atoms with Gasteiger partial charge in [-0.25, -0.2) is 0 Å². The largest absolute Gasteiger partial charge is 0.494 e. The molecule has 0 bridgehead atoms. The van der Waals surface area contributed by atoms with E-state index in [0.717, 1.165) is 16.9 Å². The number of nitrogens with one attached hydrogen (secondary N) is 2. The van der Waals surface area contributed by atoms with Crippen molar-refractivity contribution in [1.29, 1.82) is 0 Å². The summed E-state index contributed by atoms with van der Waals surface area (Å²) >= 11 is 5.89. The summed E-state index contributed by atoms with van der Waals surface area (Å²) in [7, 11) is 0. The topological polar surface area (TPSA) is 67.0 Å². The number of benzene rings is 2. The minimum atomic E-state index is -0.223. The fraction of sp³-hybridized carbons (Fsp3) is 0.158. The number of H-pyrrole nitrogens is 1. The number of halogens is 1. The van der Waals surface area contributed by atoms with Gasteiger partial charge in [0, 0.05) is 22.7 Å². The van der Waals surface area contributed by atoms with Crippen molar-refractivity contribution in [3.8, 4) is 17.0 Å². The normalized spacial score (nSPS) is 10.5. The van der Waals surface area contributed by atoms with Gasteiger partial charge in [0.15, 0.2) is 0 Å². The highest BCUT2D eigenvalue weighted by Gasteiger charge is 2.12. The van der Waals surface area contributed by atoms with Gasteiger partial charge in [0.05, 0.1) is 12.3 Å². The Morgan fingerprint density at radius 1 is 1.20 bits per heavy atom. The molecule has 0 aliphatic rings. The predicted octanol–water partition coefficient (Wildman–Crippen LogP) is 4.06. The first-order valence-corrected chi connectivity index (χ1v) is 8.35. The molecule has 2 aromatic carbocycles. The highest BCUT2D eigenvalue weighted by Crippen LogP contribution is 2.21. The summed E-state index contributed by atoms with van der Waals surface area (Å²) in [6.45, 7) is 2.89. The van der Waals surface area contributed by atoms with Crippen molar-refractivity contribution in [3.63, 3.8) is 0 Å². The van der Waals surface area contributed by atoms with Crippen molar-refractivity contribution in [2.75, 3.05) is 6.61 Å². The Morgan fingerprint density at radius 2 is 1.96 bits per heavy atom. The second-order valence-electron chi connectivity index (χ2n) is 5.40. The van der Waals surface area contributed by atoms with E-state index in [9.17, 15) is 4.79 Å². The highest BCUT2D eigenvalue weighted by atomic mass is 35.5. The van der Waals surface area contributed by atoms with Gasteiger partial charge >= 0.3 is 0 Å². The molecule has 3 rings (SSSR count). The number of carbonyl (C=O) groups is 1. The Balaban J connectivity index is 1.67. The van der Waals surface area contributed by atoms with Gasteiger partial charge in [0.2, 0.25) is 0 Å². The Morgan fingerprint density at radius 3 is 2.72 bits per heavy atom. The minimum Gasteiger partial charge on any atom is -0.494 e. The molecular weight excluding hydrogens is 338 g/mol. The van der Waals surface area contributed by atoms with E-state index in [1.54, 1.807) is 18.2 Å². The summed E-state index contributed by atoms with van der Waals surface area (Å²) in [6, 6.07) is 16.6. The number of nitrogens with zero attached hydrogens (tertiary/aromatic N) is 1. The summed E-state index contributed by atoms with van der Waals surface area (Å²) in [5.41, 5.74) is 2.91. The van der Waals surface area contributed by atoms with E-state index < -0.39 is 0 Å². The van der Waals surface area contributed by atoms with Gasteiger partial charge < -0.3 is 10.1 Å². The van der Waals surface area contributed by atoms with Crippen molar-refractivity contribution in [2.45, 2.75) is 13.5 Å². The van der Waals surface area contributed by atoms with E-state index in [4.69, 9.17) is 16.3 Å². The summed E-state index contributed by atoms with van der Waals surface area (Å²) in [5, 5.41) is 10.5. The number of ether oxygens (including phenoxy) is 1. The van der Waals surface area contributed by atoms with Crippen LogP contribution in [-0.4, -0.2) is 22.7 Å². The third-order valence-electron chi connectivity index (χ3n) is 3.67. The number of rotatable bonds is 6. The lowest BCUT2D eigenvalue weighted by Gasteiger charge is -2.10. The molecule has 0 aliphatic carbocycles.